The van der Waals surface area contributed by atoms with E-state index in [0.717, 1.165) is 18.4 Å². The molecule has 138 valence electrons. The van der Waals surface area contributed by atoms with Gasteiger partial charge in [-0.3, -0.25) is 9.59 Å². The van der Waals surface area contributed by atoms with Crippen LogP contribution >= 0.6 is 0 Å². The van der Waals surface area contributed by atoms with E-state index < -0.39 is 0 Å². The van der Waals surface area contributed by atoms with Gasteiger partial charge in [-0.15, -0.1) is 0 Å². The van der Waals surface area contributed by atoms with E-state index in [9.17, 15) is 14.0 Å². The zero-order chi connectivity index (χ0) is 18.4. The van der Waals surface area contributed by atoms with Crippen LogP contribution in [0.2, 0.25) is 0 Å². The molecule has 0 bridgehead atoms. The third kappa shape index (κ3) is 4.38. The summed E-state index contributed by atoms with van der Waals surface area (Å²) in [5.41, 5.74) is 0.653. The summed E-state index contributed by atoms with van der Waals surface area (Å²) in [6, 6.07) is 11.4. The lowest BCUT2D eigenvalue weighted by atomic mass is 9.74. The molecule has 26 heavy (non-hydrogen) atoms. The summed E-state index contributed by atoms with van der Waals surface area (Å²) in [5, 5.41) is 2.99. The van der Waals surface area contributed by atoms with E-state index in [-0.39, 0.29) is 29.1 Å². The van der Waals surface area contributed by atoms with Gasteiger partial charge in [0.1, 0.15) is 5.82 Å². The summed E-state index contributed by atoms with van der Waals surface area (Å²) < 4.78 is 20.3. The van der Waals surface area contributed by atoms with E-state index in [1.54, 1.807) is 30.5 Å². The van der Waals surface area contributed by atoms with Crippen LogP contribution in [0.4, 0.5) is 4.39 Å². The first-order chi connectivity index (χ1) is 12.6. The van der Waals surface area contributed by atoms with Crippen LogP contribution in [0, 0.1) is 5.82 Å². The van der Waals surface area contributed by atoms with Gasteiger partial charge in [0.15, 0.2) is 0 Å². The van der Waals surface area contributed by atoms with Gasteiger partial charge in [-0.05, 0) is 36.6 Å². The number of carbonyl (C=O) groups excluding carboxylic acids is 1. The highest BCUT2D eigenvalue weighted by Crippen LogP contribution is 2.34. The highest BCUT2D eigenvalue weighted by molar-refractivity contribution is 5.76. The highest BCUT2D eigenvalue weighted by atomic mass is 19.1. The van der Waals surface area contributed by atoms with Crippen molar-refractivity contribution >= 4 is 5.91 Å². The van der Waals surface area contributed by atoms with Crippen molar-refractivity contribution in [3.63, 3.8) is 0 Å². The zero-order valence-electron chi connectivity index (χ0n) is 14.6. The molecule has 1 fully saturated rings. The van der Waals surface area contributed by atoms with E-state index in [1.807, 2.05) is 0 Å². The average molecular weight is 358 g/mol. The largest absolute Gasteiger partial charge is 0.381 e. The molecule has 1 aromatic carbocycles. The maximum absolute atomic E-state index is 13.3. The van der Waals surface area contributed by atoms with Crippen LogP contribution in [0.5, 0.6) is 0 Å². The van der Waals surface area contributed by atoms with Crippen LogP contribution in [-0.2, 0) is 21.5 Å². The predicted octanol–water partition coefficient (Wildman–Crippen LogP) is 2.24. The van der Waals surface area contributed by atoms with Crippen LogP contribution in [0.25, 0.3) is 0 Å². The summed E-state index contributed by atoms with van der Waals surface area (Å²) >= 11 is 0. The van der Waals surface area contributed by atoms with Gasteiger partial charge in [0, 0.05) is 50.4 Å². The smallest absolute Gasteiger partial charge is 0.250 e. The van der Waals surface area contributed by atoms with Crippen LogP contribution in [0.3, 0.4) is 0 Å². The summed E-state index contributed by atoms with van der Waals surface area (Å²) in [5.74, 6) is -0.373. The van der Waals surface area contributed by atoms with Crippen molar-refractivity contribution < 1.29 is 13.9 Å². The van der Waals surface area contributed by atoms with Gasteiger partial charge >= 0.3 is 0 Å². The number of rotatable bonds is 6. The van der Waals surface area contributed by atoms with Gasteiger partial charge in [-0.2, -0.15) is 0 Å². The van der Waals surface area contributed by atoms with Crippen molar-refractivity contribution in [2.75, 3.05) is 19.8 Å². The lowest BCUT2D eigenvalue weighted by molar-refractivity contribution is -0.121. The molecule has 0 atom stereocenters. The number of amides is 1. The number of aromatic nitrogens is 1. The van der Waals surface area contributed by atoms with E-state index in [2.05, 4.69) is 5.32 Å². The quantitative estimate of drug-likeness (QED) is 0.862. The molecule has 2 aromatic rings. The van der Waals surface area contributed by atoms with E-state index in [1.165, 1.54) is 22.8 Å². The minimum Gasteiger partial charge on any atom is -0.381 e. The van der Waals surface area contributed by atoms with E-state index >= 15 is 0 Å². The number of aryl methyl sites for hydroxylation is 1. The third-order valence-electron chi connectivity index (χ3n) is 5.01. The number of carbonyl (C=O) groups is 1. The summed E-state index contributed by atoms with van der Waals surface area (Å²) in [6.07, 6.45) is 3.46. The number of hydrogen-bond acceptors (Lipinski definition) is 3. The maximum Gasteiger partial charge on any atom is 0.250 e. The molecule has 0 spiro atoms. The Morgan fingerprint density at radius 2 is 1.88 bits per heavy atom. The second-order valence-electron chi connectivity index (χ2n) is 6.66. The van der Waals surface area contributed by atoms with Gasteiger partial charge < -0.3 is 14.6 Å². The second kappa shape index (κ2) is 8.27. The molecule has 0 saturated carbocycles. The number of ether oxygens (including phenoxy) is 1. The van der Waals surface area contributed by atoms with Crippen molar-refractivity contribution in [3.05, 3.63) is 70.4 Å². The van der Waals surface area contributed by atoms with Gasteiger partial charge in [-0.25, -0.2) is 4.39 Å². The van der Waals surface area contributed by atoms with Crippen molar-refractivity contribution in [3.8, 4) is 0 Å². The fourth-order valence-corrected chi connectivity index (χ4v) is 3.36. The number of pyridine rings is 1. The SMILES string of the molecule is O=C(CCn1ccccc1=O)NCC1(c2ccc(F)cc2)CCOCC1. The number of halogens is 1. The molecule has 0 radical (unpaired) electrons. The van der Waals surface area contributed by atoms with Gasteiger partial charge in [0.2, 0.25) is 5.91 Å². The molecule has 2 heterocycles. The maximum atomic E-state index is 13.3. The Morgan fingerprint density at radius 1 is 1.15 bits per heavy atom. The van der Waals surface area contributed by atoms with Gasteiger partial charge in [0.05, 0.1) is 0 Å². The first kappa shape index (κ1) is 18.3. The van der Waals surface area contributed by atoms with Crippen LogP contribution < -0.4 is 10.9 Å². The number of nitrogens with zero attached hydrogens (tertiary/aromatic N) is 1. The Bertz CT molecular complexity index is 795. The van der Waals surface area contributed by atoms with Crippen LogP contribution in [-0.4, -0.2) is 30.2 Å². The molecule has 3 rings (SSSR count). The Morgan fingerprint density at radius 3 is 2.58 bits per heavy atom. The summed E-state index contributed by atoms with van der Waals surface area (Å²) in [7, 11) is 0. The lowest BCUT2D eigenvalue weighted by Gasteiger charge is -2.38. The first-order valence-corrected chi connectivity index (χ1v) is 8.85. The van der Waals surface area contributed by atoms with Gasteiger partial charge in [-0.1, -0.05) is 18.2 Å². The van der Waals surface area contributed by atoms with Gasteiger partial charge in [0.25, 0.3) is 5.56 Å². The normalized spacial score (nSPS) is 16.2. The first-order valence-electron chi connectivity index (χ1n) is 8.85. The van der Waals surface area contributed by atoms with Crippen molar-refractivity contribution in [2.24, 2.45) is 0 Å². The fraction of sp³-hybridized carbons (Fsp3) is 0.400. The van der Waals surface area contributed by atoms with Crippen LogP contribution in [0.15, 0.2) is 53.5 Å². The Kier molecular flexibility index (Phi) is 5.83. The minimum absolute atomic E-state index is 0.103. The van der Waals surface area contributed by atoms with Crippen molar-refractivity contribution in [1.82, 2.24) is 9.88 Å². The zero-order valence-corrected chi connectivity index (χ0v) is 14.6. The Balaban J connectivity index is 1.62. The second-order valence-corrected chi connectivity index (χ2v) is 6.66. The molecular weight excluding hydrogens is 335 g/mol. The third-order valence-corrected chi connectivity index (χ3v) is 5.01. The van der Waals surface area contributed by atoms with E-state index in [0.29, 0.717) is 26.3 Å². The molecule has 1 aliphatic heterocycles. The molecule has 1 saturated heterocycles. The molecule has 1 N–H and O–H groups in total. The number of nitrogens with one attached hydrogen (secondary N) is 1. The Labute approximate surface area is 151 Å². The van der Waals surface area contributed by atoms with Crippen LogP contribution in [0.1, 0.15) is 24.8 Å². The number of hydrogen-bond donors (Lipinski definition) is 1. The summed E-state index contributed by atoms with van der Waals surface area (Å²) in [4.78, 5) is 24.0. The molecular formula is C20H23FN2O3. The Hall–Kier alpha value is -2.47. The highest BCUT2D eigenvalue weighted by Gasteiger charge is 2.34. The monoisotopic (exact) mass is 358 g/mol. The average Bonchev–Trinajstić information content (AvgIpc) is 2.67. The standard InChI is InChI=1S/C20H23FN2O3/c21-17-6-4-16(5-7-17)20(9-13-26-14-10-20)15-22-18(24)8-12-23-11-2-1-3-19(23)25/h1-7,11H,8-10,12-15H2,(H,22,24). The fourth-order valence-electron chi connectivity index (χ4n) is 3.36. The molecule has 0 aliphatic carbocycles. The topological polar surface area (TPSA) is 60.3 Å². The number of benzene rings is 1. The lowest BCUT2D eigenvalue weighted by Crippen LogP contribution is -2.44. The predicted molar refractivity (Wildman–Crippen MR) is 96.5 cm³/mol. The molecule has 6 heteroatoms. The molecule has 1 aromatic heterocycles. The molecule has 0 unspecified atom stereocenters. The molecule has 1 amide bonds. The van der Waals surface area contributed by atoms with Crippen molar-refractivity contribution in [1.29, 1.82) is 0 Å². The summed E-state index contributed by atoms with van der Waals surface area (Å²) in [6.45, 7) is 2.06. The van der Waals surface area contributed by atoms with Crippen molar-refractivity contribution in [2.45, 2.75) is 31.2 Å². The minimum atomic E-state index is -0.270. The molecule has 1 aliphatic rings. The molecule has 5 nitrogen and oxygen atoms in total. The van der Waals surface area contributed by atoms with E-state index in [4.69, 9.17) is 4.74 Å².